The summed E-state index contributed by atoms with van der Waals surface area (Å²) in [5.74, 6) is 0.0785. The lowest BCUT2D eigenvalue weighted by Crippen LogP contribution is -2.40. The Balaban J connectivity index is 3.03. The third-order valence-corrected chi connectivity index (χ3v) is 3.50. The molecule has 0 spiro atoms. The van der Waals surface area contributed by atoms with Crippen LogP contribution in [-0.4, -0.2) is 35.4 Å². The highest BCUT2D eigenvalue weighted by Crippen LogP contribution is 2.28. The summed E-state index contributed by atoms with van der Waals surface area (Å²) in [6, 6.07) is 4.45. The fourth-order valence-electron chi connectivity index (χ4n) is 1.93. The molecule has 0 aliphatic rings. The molecule has 0 unspecified atom stereocenters. The summed E-state index contributed by atoms with van der Waals surface area (Å²) in [5.41, 5.74) is -0.213. The second kappa shape index (κ2) is 8.29. The Morgan fingerprint density at radius 1 is 1.24 bits per heavy atom. The molecule has 0 N–H and O–H groups in total. The first kappa shape index (κ1) is 21.6. The molecule has 0 heterocycles. The van der Waals surface area contributed by atoms with Crippen LogP contribution in [0.2, 0.25) is 0 Å². The summed E-state index contributed by atoms with van der Waals surface area (Å²) in [7, 11) is 0. The van der Waals surface area contributed by atoms with E-state index in [2.05, 4.69) is 15.9 Å². The van der Waals surface area contributed by atoms with Gasteiger partial charge in [0.25, 0.3) is 0 Å². The second-order valence-corrected chi connectivity index (χ2v) is 7.77. The topological polar surface area (TPSA) is 38.8 Å². The maximum atomic E-state index is 12.4. The number of carbonyl (C=O) groups excluding carboxylic acids is 1. The number of benzene rings is 1. The molecule has 1 amide bonds. The molecule has 142 valence electrons. The van der Waals surface area contributed by atoms with Crippen molar-refractivity contribution in [3.05, 3.63) is 28.2 Å². The first-order valence-electron chi connectivity index (χ1n) is 7.76. The Morgan fingerprint density at radius 2 is 1.84 bits per heavy atom. The van der Waals surface area contributed by atoms with Crippen molar-refractivity contribution in [3.8, 4) is 5.75 Å². The van der Waals surface area contributed by atoms with Crippen molar-refractivity contribution in [3.63, 3.8) is 0 Å². The number of hydrogen-bond donors (Lipinski definition) is 0. The first-order valence-corrected chi connectivity index (χ1v) is 8.55. The van der Waals surface area contributed by atoms with E-state index in [1.165, 1.54) is 11.0 Å². The van der Waals surface area contributed by atoms with Crippen LogP contribution in [0.25, 0.3) is 0 Å². The van der Waals surface area contributed by atoms with Gasteiger partial charge in [0.1, 0.15) is 11.4 Å². The lowest BCUT2D eigenvalue weighted by Gasteiger charge is -2.30. The summed E-state index contributed by atoms with van der Waals surface area (Å²) >= 11 is 3.29. The van der Waals surface area contributed by atoms with Gasteiger partial charge in [-0.3, -0.25) is 0 Å². The van der Waals surface area contributed by atoms with Gasteiger partial charge in [-0.2, -0.15) is 13.2 Å². The van der Waals surface area contributed by atoms with Crippen molar-refractivity contribution in [1.29, 1.82) is 0 Å². The molecule has 0 bridgehead atoms. The number of carbonyl (C=O) groups is 1. The molecule has 0 aromatic heterocycles. The highest BCUT2D eigenvalue weighted by Gasteiger charge is 2.30. The standard InChI is InChI=1S/C17H23BrF3NO3/c1-11(2)22(15(23)25-16(3,4)5)9-12-8-13(18)6-7-14(12)24-10-17(19,20)21/h6-8,11H,9-10H2,1-5H3. The first-order chi connectivity index (χ1) is 11.3. The van der Waals surface area contributed by atoms with E-state index < -0.39 is 24.5 Å². The van der Waals surface area contributed by atoms with Crippen LogP contribution in [0.5, 0.6) is 5.75 Å². The smallest absolute Gasteiger partial charge is 0.422 e. The number of rotatable bonds is 5. The lowest BCUT2D eigenvalue weighted by molar-refractivity contribution is -0.153. The van der Waals surface area contributed by atoms with Gasteiger partial charge in [-0.25, -0.2) is 4.79 Å². The zero-order chi connectivity index (χ0) is 19.4. The Morgan fingerprint density at radius 3 is 2.32 bits per heavy atom. The molecule has 0 saturated carbocycles. The Bertz CT molecular complexity index is 598. The van der Waals surface area contributed by atoms with E-state index >= 15 is 0 Å². The molecular weight excluding hydrogens is 403 g/mol. The van der Waals surface area contributed by atoms with Gasteiger partial charge in [-0.05, 0) is 52.8 Å². The van der Waals surface area contributed by atoms with Crippen molar-refractivity contribution in [1.82, 2.24) is 4.90 Å². The molecule has 8 heteroatoms. The van der Waals surface area contributed by atoms with Gasteiger partial charge in [0.05, 0.1) is 6.54 Å². The molecule has 25 heavy (non-hydrogen) atoms. The van der Waals surface area contributed by atoms with Crippen molar-refractivity contribution in [2.75, 3.05) is 6.61 Å². The molecule has 0 fully saturated rings. The van der Waals surface area contributed by atoms with E-state index in [-0.39, 0.29) is 18.3 Å². The maximum Gasteiger partial charge on any atom is 0.422 e. The van der Waals surface area contributed by atoms with E-state index in [0.717, 1.165) is 0 Å². The molecular formula is C17H23BrF3NO3. The summed E-state index contributed by atoms with van der Waals surface area (Å²) in [5, 5.41) is 0. The molecule has 0 atom stereocenters. The maximum absolute atomic E-state index is 12.4. The van der Waals surface area contributed by atoms with Crippen molar-refractivity contribution < 1.29 is 27.4 Å². The van der Waals surface area contributed by atoms with Crippen LogP contribution in [0.3, 0.4) is 0 Å². The molecule has 1 aromatic carbocycles. The van der Waals surface area contributed by atoms with Crippen LogP contribution in [-0.2, 0) is 11.3 Å². The minimum absolute atomic E-state index is 0.0687. The zero-order valence-electron chi connectivity index (χ0n) is 14.9. The van der Waals surface area contributed by atoms with Crippen LogP contribution >= 0.6 is 15.9 Å². The number of halogens is 4. The van der Waals surface area contributed by atoms with Gasteiger partial charge in [-0.1, -0.05) is 15.9 Å². The van der Waals surface area contributed by atoms with Crippen molar-refractivity contribution in [2.45, 2.75) is 59.0 Å². The van der Waals surface area contributed by atoms with Crippen LogP contribution in [0, 0.1) is 0 Å². The van der Waals surface area contributed by atoms with E-state index in [1.54, 1.807) is 46.8 Å². The average Bonchev–Trinajstić information content (AvgIpc) is 2.40. The summed E-state index contributed by atoms with van der Waals surface area (Å²) in [6.45, 7) is 7.53. The average molecular weight is 426 g/mol. The lowest BCUT2D eigenvalue weighted by atomic mass is 10.1. The largest absolute Gasteiger partial charge is 0.484 e. The Kier molecular flexibility index (Phi) is 7.17. The highest BCUT2D eigenvalue weighted by molar-refractivity contribution is 9.10. The van der Waals surface area contributed by atoms with Crippen molar-refractivity contribution in [2.24, 2.45) is 0 Å². The highest BCUT2D eigenvalue weighted by atomic mass is 79.9. The van der Waals surface area contributed by atoms with Gasteiger partial charge in [0.15, 0.2) is 6.61 Å². The van der Waals surface area contributed by atoms with Crippen LogP contribution in [0.15, 0.2) is 22.7 Å². The summed E-state index contributed by atoms with van der Waals surface area (Å²) in [4.78, 5) is 13.8. The monoisotopic (exact) mass is 425 g/mol. The number of hydrogen-bond acceptors (Lipinski definition) is 3. The SMILES string of the molecule is CC(C)N(Cc1cc(Br)ccc1OCC(F)(F)F)C(=O)OC(C)(C)C. The van der Waals surface area contributed by atoms with Crippen LogP contribution < -0.4 is 4.74 Å². The van der Waals surface area contributed by atoms with E-state index in [0.29, 0.717) is 10.0 Å². The third-order valence-electron chi connectivity index (χ3n) is 3.01. The molecule has 0 radical (unpaired) electrons. The second-order valence-electron chi connectivity index (χ2n) is 6.86. The Hall–Kier alpha value is -1.44. The van der Waals surface area contributed by atoms with E-state index in [4.69, 9.17) is 9.47 Å². The molecule has 0 saturated heterocycles. The van der Waals surface area contributed by atoms with E-state index in [1.807, 2.05) is 0 Å². The zero-order valence-corrected chi connectivity index (χ0v) is 16.5. The van der Waals surface area contributed by atoms with Crippen LogP contribution in [0.4, 0.5) is 18.0 Å². The predicted octanol–water partition coefficient (Wildman–Crippen LogP) is 5.54. The molecule has 0 aliphatic carbocycles. The molecule has 1 rings (SSSR count). The van der Waals surface area contributed by atoms with Gasteiger partial charge >= 0.3 is 12.3 Å². The predicted molar refractivity (Wildman–Crippen MR) is 92.6 cm³/mol. The fourth-order valence-corrected chi connectivity index (χ4v) is 2.34. The van der Waals surface area contributed by atoms with Gasteiger partial charge in [-0.15, -0.1) is 0 Å². The minimum Gasteiger partial charge on any atom is -0.484 e. The number of amides is 1. The Labute approximate surface area is 154 Å². The normalized spacial score (nSPS) is 12.2. The quantitative estimate of drug-likeness (QED) is 0.621. The van der Waals surface area contributed by atoms with Crippen LogP contribution in [0.1, 0.15) is 40.2 Å². The van der Waals surface area contributed by atoms with Gasteiger partial charge < -0.3 is 14.4 Å². The number of nitrogens with zero attached hydrogens (tertiary/aromatic N) is 1. The van der Waals surface area contributed by atoms with Crippen molar-refractivity contribution >= 4 is 22.0 Å². The number of ether oxygens (including phenoxy) is 2. The minimum atomic E-state index is -4.44. The molecule has 1 aromatic rings. The fraction of sp³-hybridized carbons (Fsp3) is 0.588. The summed E-state index contributed by atoms with van der Waals surface area (Å²) in [6.07, 6.45) is -4.97. The summed E-state index contributed by atoms with van der Waals surface area (Å²) < 4.78 is 48.3. The van der Waals surface area contributed by atoms with E-state index in [9.17, 15) is 18.0 Å². The third kappa shape index (κ3) is 7.98. The van der Waals surface area contributed by atoms with Gasteiger partial charge in [0.2, 0.25) is 0 Å². The molecule has 4 nitrogen and oxygen atoms in total. The number of alkyl halides is 3. The van der Waals surface area contributed by atoms with Gasteiger partial charge in [0, 0.05) is 16.1 Å². The molecule has 0 aliphatic heterocycles.